The highest BCUT2D eigenvalue weighted by atomic mass is 32.2. The van der Waals surface area contributed by atoms with E-state index in [0.717, 1.165) is 28.6 Å². The summed E-state index contributed by atoms with van der Waals surface area (Å²) in [5, 5.41) is 19.8. The van der Waals surface area contributed by atoms with Crippen molar-refractivity contribution in [2.24, 2.45) is 0 Å². The van der Waals surface area contributed by atoms with Crippen LogP contribution in [0.3, 0.4) is 0 Å². The van der Waals surface area contributed by atoms with E-state index in [4.69, 9.17) is 14.2 Å². The van der Waals surface area contributed by atoms with Crippen molar-refractivity contribution in [2.45, 2.75) is 35.4 Å². The van der Waals surface area contributed by atoms with E-state index in [0.29, 0.717) is 35.7 Å². The standard InChI is InChI=1S/C43H43N3O10S2/c1-54-38-21-31(44-25-28-10-6-4-7-11-28)14-17-34(38)43(35-18-15-32(22-39(35)55-2)45-26-29-12-8-5-9-13-29)36-19-16-33(23-41(36)57(48,49)50)46-37-24-42(58(51,52)53)40(56-3)20-30(37)27-47/h4-24,43-47H,25-27H2,1-3H3,(H,48,49,50)(H,51,52,53). The number of anilines is 4. The maximum Gasteiger partial charge on any atom is 0.298 e. The molecule has 0 fully saturated rings. The van der Waals surface area contributed by atoms with Crippen LogP contribution < -0.4 is 30.2 Å². The Morgan fingerprint density at radius 2 is 1.00 bits per heavy atom. The van der Waals surface area contributed by atoms with Gasteiger partial charge in [0.1, 0.15) is 27.0 Å². The Morgan fingerprint density at radius 3 is 1.45 bits per heavy atom. The van der Waals surface area contributed by atoms with Gasteiger partial charge in [-0.25, -0.2) is 0 Å². The molecule has 0 bridgehead atoms. The molecular formula is C43H43N3O10S2. The largest absolute Gasteiger partial charge is 0.496 e. The molecule has 0 unspecified atom stereocenters. The monoisotopic (exact) mass is 825 g/mol. The Hall–Kier alpha value is -6.10. The Balaban J connectivity index is 1.48. The van der Waals surface area contributed by atoms with E-state index in [-0.39, 0.29) is 28.3 Å². The topological polar surface area (TPSA) is 193 Å². The molecule has 0 heterocycles. The number of rotatable bonds is 17. The lowest BCUT2D eigenvalue weighted by Gasteiger charge is -2.26. The molecule has 0 amide bonds. The van der Waals surface area contributed by atoms with Crippen molar-refractivity contribution < 1.29 is 45.3 Å². The molecule has 0 saturated heterocycles. The van der Waals surface area contributed by atoms with Crippen LogP contribution >= 0.6 is 0 Å². The number of methoxy groups -OCH3 is 3. The molecule has 0 aromatic heterocycles. The van der Waals surface area contributed by atoms with Gasteiger partial charge in [0.2, 0.25) is 0 Å². The van der Waals surface area contributed by atoms with Crippen LogP contribution in [0.15, 0.2) is 137 Å². The van der Waals surface area contributed by atoms with E-state index < -0.39 is 42.6 Å². The maximum atomic E-state index is 13.4. The third kappa shape index (κ3) is 9.70. The van der Waals surface area contributed by atoms with E-state index in [9.17, 15) is 31.0 Å². The van der Waals surface area contributed by atoms with Gasteiger partial charge in [-0.3, -0.25) is 9.11 Å². The van der Waals surface area contributed by atoms with Gasteiger partial charge in [0.05, 0.1) is 27.9 Å². The van der Waals surface area contributed by atoms with Crippen molar-refractivity contribution in [2.75, 3.05) is 37.3 Å². The minimum atomic E-state index is -4.95. The number of hydrogen-bond acceptors (Lipinski definition) is 11. The second-order valence-electron chi connectivity index (χ2n) is 13.2. The maximum absolute atomic E-state index is 13.4. The van der Waals surface area contributed by atoms with E-state index >= 15 is 0 Å². The molecule has 6 aromatic carbocycles. The highest BCUT2D eigenvalue weighted by Gasteiger charge is 2.30. The van der Waals surface area contributed by atoms with Gasteiger partial charge in [0, 0.05) is 70.6 Å². The Bertz CT molecular complexity index is 2510. The summed E-state index contributed by atoms with van der Waals surface area (Å²) in [5.74, 6) is -0.270. The third-order valence-electron chi connectivity index (χ3n) is 9.49. The van der Waals surface area contributed by atoms with Crippen molar-refractivity contribution in [3.05, 3.63) is 161 Å². The molecule has 6 rings (SSSR count). The van der Waals surface area contributed by atoms with Crippen molar-refractivity contribution in [3.8, 4) is 17.2 Å². The zero-order valence-electron chi connectivity index (χ0n) is 31.8. The summed E-state index contributed by atoms with van der Waals surface area (Å²) >= 11 is 0. The first-order valence-electron chi connectivity index (χ1n) is 17.9. The summed E-state index contributed by atoms with van der Waals surface area (Å²) in [7, 11) is -5.49. The average molecular weight is 826 g/mol. The van der Waals surface area contributed by atoms with E-state index in [1.165, 1.54) is 39.5 Å². The molecular weight excluding hydrogens is 783 g/mol. The molecule has 6 N–H and O–H groups in total. The van der Waals surface area contributed by atoms with Crippen LogP contribution in [0.5, 0.6) is 17.2 Å². The van der Waals surface area contributed by atoms with Crippen LogP contribution in [0.25, 0.3) is 0 Å². The molecule has 13 nitrogen and oxygen atoms in total. The fraction of sp³-hybridized carbons (Fsp3) is 0.163. The molecule has 0 saturated carbocycles. The summed E-state index contributed by atoms with van der Waals surface area (Å²) in [6.45, 7) is 0.510. The molecule has 58 heavy (non-hydrogen) atoms. The summed E-state index contributed by atoms with van der Waals surface area (Å²) in [6.07, 6.45) is 0. The number of aliphatic hydroxyl groups excluding tert-OH is 1. The second-order valence-corrected chi connectivity index (χ2v) is 16.0. The van der Waals surface area contributed by atoms with E-state index in [2.05, 4.69) is 16.0 Å². The van der Waals surface area contributed by atoms with Crippen LogP contribution in [0.4, 0.5) is 22.7 Å². The summed E-state index contributed by atoms with van der Waals surface area (Å²) in [6, 6.07) is 37.2. The van der Waals surface area contributed by atoms with Gasteiger partial charge in [-0.1, -0.05) is 78.9 Å². The Morgan fingerprint density at radius 1 is 0.534 bits per heavy atom. The Labute approximate surface area is 337 Å². The van der Waals surface area contributed by atoms with Crippen molar-refractivity contribution in [1.29, 1.82) is 0 Å². The first-order valence-corrected chi connectivity index (χ1v) is 20.8. The minimum absolute atomic E-state index is 0.0297. The van der Waals surface area contributed by atoms with Crippen molar-refractivity contribution in [3.63, 3.8) is 0 Å². The Kier molecular flexibility index (Phi) is 12.9. The molecule has 0 aliphatic carbocycles. The molecule has 0 radical (unpaired) electrons. The average Bonchev–Trinajstić information content (AvgIpc) is 3.23. The quantitative estimate of drug-likeness (QED) is 0.0385. The first kappa shape index (κ1) is 41.5. The highest BCUT2D eigenvalue weighted by Crippen LogP contribution is 2.45. The van der Waals surface area contributed by atoms with Crippen molar-refractivity contribution >= 4 is 43.0 Å². The van der Waals surface area contributed by atoms with E-state index in [1.807, 2.05) is 97.1 Å². The zero-order valence-corrected chi connectivity index (χ0v) is 33.5. The van der Waals surface area contributed by atoms with Gasteiger partial charge in [0.25, 0.3) is 20.2 Å². The lowest BCUT2D eigenvalue weighted by atomic mass is 9.83. The minimum Gasteiger partial charge on any atom is -0.496 e. The van der Waals surface area contributed by atoms with Crippen LogP contribution in [0.2, 0.25) is 0 Å². The SMILES string of the molecule is COc1cc(NCc2ccccc2)ccc1C(c1ccc(NCc2ccccc2)cc1OC)c1ccc(Nc2cc(S(=O)(=O)O)c(OC)cc2CO)cc1S(=O)(=O)O. The van der Waals surface area contributed by atoms with Crippen LogP contribution in [-0.4, -0.2) is 52.4 Å². The molecule has 302 valence electrons. The number of benzene rings is 6. The predicted octanol–water partition coefficient (Wildman–Crippen LogP) is 7.85. The summed E-state index contributed by atoms with van der Waals surface area (Å²) in [4.78, 5) is -1.05. The highest BCUT2D eigenvalue weighted by molar-refractivity contribution is 7.86. The number of hydrogen-bond donors (Lipinski definition) is 6. The number of ether oxygens (including phenoxy) is 3. The smallest absolute Gasteiger partial charge is 0.298 e. The van der Waals surface area contributed by atoms with Gasteiger partial charge in [-0.05, 0) is 53.1 Å². The zero-order chi connectivity index (χ0) is 41.5. The van der Waals surface area contributed by atoms with Gasteiger partial charge < -0.3 is 35.3 Å². The first-order chi connectivity index (χ1) is 27.8. The van der Waals surface area contributed by atoms with Crippen molar-refractivity contribution in [1.82, 2.24) is 0 Å². The van der Waals surface area contributed by atoms with Gasteiger partial charge >= 0.3 is 0 Å². The fourth-order valence-electron chi connectivity index (χ4n) is 6.66. The van der Waals surface area contributed by atoms with Gasteiger partial charge in [-0.15, -0.1) is 0 Å². The van der Waals surface area contributed by atoms with Crippen LogP contribution in [0, 0.1) is 0 Å². The van der Waals surface area contributed by atoms with Crippen LogP contribution in [0.1, 0.15) is 39.3 Å². The van der Waals surface area contributed by atoms with Gasteiger partial charge in [-0.2, -0.15) is 16.8 Å². The molecule has 0 atom stereocenters. The predicted molar refractivity (Wildman–Crippen MR) is 223 cm³/mol. The lowest BCUT2D eigenvalue weighted by Crippen LogP contribution is -2.13. The molecule has 0 aliphatic rings. The van der Waals surface area contributed by atoms with Crippen LogP contribution in [-0.2, 0) is 39.9 Å². The van der Waals surface area contributed by atoms with E-state index in [1.54, 1.807) is 6.07 Å². The normalized spacial score (nSPS) is 11.6. The fourth-order valence-corrected chi connectivity index (χ4v) is 8.08. The second kappa shape index (κ2) is 18.0. The molecule has 0 spiro atoms. The van der Waals surface area contributed by atoms with Gasteiger partial charge in [0.15, 0.2) is 0 Å². The lowest BCUT2D eigenvalue weighted by molar-refractivity contribution is 0.281. The number of aliphatic hydroxyl groups is 1. The molecule has 0 aliphatic heterocycles. The third-order valence-corrected chi connectivity index (χ3v) is 11.3. The summed E-state index contributed by atoms with van der Waals surface area (Å²) < 4.78 is 88.7. The number of nitrogens with one attached hydrogen (secondary N) is 3. The summed E-state index contributed by atoms with van der Waals surface area (Å²) in [5.41, 5.74) is 5.20. The molecule has 6 aromatic rings. The molecule has 15 heteroatoms.